The first-order chi connectivity index (χ1) is 18.5. The van der Waals surface area contributed by atoms with E-state index in [1.807, 2.05) is 0 Å². The topological polar surface area (TPSA) is 197 Å². The van der Waals surface area contributed by atoms with Crippen molar-refractivity contribution in [3.63, 3.8) is 0 Å². The van der Waals surface area contributed by atoms with Crippen LogP contribution < -0.4 is 39.4 Å². The number of benzene rings is 2. The first-order valence-electron chi connectivity index (χ1n) is 12.3. The summed E-state index contributed by atoms with van der Waals surface area (Å²) in [6, 6.07) is 4.41. The monoisotopic (exact) mass is 608 g/mol. The zero-order valence-electron chi connectivity index (χ0n) is 24.0. The first kappa shape index (κ1) is 37.2. The number of carbonyl (C=O) groups excluding carboxylic acids is 4. The SMILES string of the molecule is CC(C)Oc1c(C(=O)[O-])ccc(C(=O)[O-])c1OC(C)C.CC(C)Oc1c(C(=O)[O-])ccc(C(=O)[O-])c1OC(C)C.[Ti+4]. The summed E-state index contributed by atoms with van der Waals surface area (Å²) in [5.41, 5.74) is -1.06. The summed E-state index contributed by atoms with van der Waals surface area (Å²) in [4.78, 5) is 44.5. The van der Waals surface area contributed by atoms with Gasteiger partial charge in [0.1, 0.15) is 0 Å². The summed E-state index contributed by atoms with van der Waals surface area (Å²) in [6.45, 7) is 13.5. The van der Waals surface area contributed by atoms with Crippen LogP contribution in [0.15, 0.2) is 24.3 Å². The molecule has 0 amide bonds. The number of carbonyl (C=O) groups is 4. The predicted molar refractivity (Wildman–Crippen MR) is 133 cm³/mol. The molecule has 0 heterocycles. The molecular weight excluding hydrogens is 576 g/mol. The van der Waals surface area contributed by atoms with Crippen LogP contribution in [0, 0.1) is 0 Å². The number of ether oxygens (including phenoxy) is 4. The van der Waals surface area contributed by atoms with E-state index in [-0.39, 0.29) is 91.4 Å². The maximum Gasteiger partial charge on any atom is 4.00 e. The smallest absolute Gasteiger partial charge is 0.545 e. The predicted octanol–water partition coefficient (Wildman–Crippen LogP) is -0.0265. The number of carboxylic acid groups (broad SMARTS) is 4. The standard InChI is InChI=1S/2C14H18O6.Ti/c2*1-7(2)19-11-9(13(15)16)5-6-10(14(17)18)12(11)20-8(3)4;/h2*5-8H,1-4H3,(H,15,16)(H,17,18);/q;;+4/p-4. The van der Waals surface area contributed by atoms with E-state index in [1.54, 1.807) is 55.4 Å². The van der Waals surface area contributed by atoms with Crippen LogP contribution >= 0.6 is 0 Å². The van der Waals surface area contributed by atoms with Crippen molar-refractivity contribution in [3.8, 4) is 23.0 Å². The molecule has 0 radical (unpaired) electrons. The average Bonchev–Trinajstić information content (AvgIpc) is 2.79. The Morgan fingerprint density at radius 3 is 0.683 bits per heavy atom. The fraction of sp³-hybridized carbons (Fsp3) is 0.429. The van der Waals surface area contributed by atoms with E-state index < -0.39 is 23.9 Å². The van der Waals surface area contributed by atoms with Crippen molar-refractivity contribution in [1.29, 1.82) is 0 Å². The molecule has 2 aromatic rings. The Kier molecular flexibility index (Phi) is 15.0. The summed E-state index contributed by atoms with van der Waals surface area (Å²) >= 11 is 0. The molecule has 2 rings (SSSR count). The Bertz CT molecular complexity index is 1050. The quantitative estimate of drug-likeness (QED) is 0.292. The van der Waals surface area contributed by atoms with Crippen LogP contribution in [-0.4, -0.2) is 48.3 Å². The number of rotatable bonds is 12. The molecule has 0 saturated heterocycles. The maximum absolute atomic E-state index is 11.1. The molecule has 0 N–H and O–H groups in total. The fourth-order valence-electron chi connectivity index (χ4n) is 3.18. The van der Waals surface area contributed by atoms with Gasteiger partial charge in [-0.05, 0) is 79.7 Å². The van der Waals surface area contributed by atoms with Crippen LogP contribution in [0.3, 0.4) is 0 Å². The Balaban J connectivity index is 0.000000762. The molecule has 0 unspecified atom stereocenters. The van der Waals surface area contributed by atoms with Gasteiger partial charge in [0.25, 0.3) is 0 Å². The maximum atomic E-state index is 11.1. The van der Waals surface area contributed by atoms with E-state index in [4.69, 9.17) is 18.9 Å². The van der Waals surface area contributed by atoms with E-state index in [9.17, 15) is 39.6 Å². The third-order valence-electron chi connectivity index (χ3n) is 4.52. The van der Waals surface area contributed by atoms with E-state index in [0.29, 0.717) is 0 Å². The summed E-state index contributed by atoms with van der Waals surface area (Å²) in [7, 11) is 0. The Morgan fingerprint density at radius 1 is 0.439 bits per heavy atom. The van der Waals surface area contributed by atoms with Crippen molar-refractivity contribution >= 4 is 23.9 Å². The largest absolute Gasteiger partial charge is 4.00 e. The van der Waals surface area contributed by atoms with Gasteiger partial charge in [-0.15, -0.1) is 0 Å². The fourth-order valence-corrected chi connectivity index (χ4v) is 3.18. The van der Waals surface area contributed by atoms with Crippen LogP contribution in [0.4, 0.5) is 0 Å². The van der Waals surface area contributed by atoms with Gasteiger partial charge in [-0.1, -0.05) is 0 Å². The molecule has 220 valence electrons. The molecule has 0 aliphatic heterocycles. The molecule has 0 atom stereocenters. The number of carboxylic acids is 4. The number of hydrogen-bond acceptors (Lipinski definition) is 12. The number of aromatic carboxylic acids is 4. The van der Waals surface area contributed by atoms with Crippen molar-refractivity contribution in [1.82, 2.24) is 0 Å². The van der Waals surface area contributed by atoms with Gasteiger partial charge in [0.15, 0.2) is 23.0 Å². The second kappa shape index (κ2) is 16.5. The second-order valence-electron chi connectivity index (χ2n) is 9.45. The van der Waals surface area contributed by atoms with E-state index in [1.165, 1.54) is 0 Å². The van der Waals surface area contributed by atoms with Crippen molar-refractivity contribution < 1.29 is 80.3 Å². The molecule has 0 aromatic heterocycles. The van der Waals surface area contributed by atoms with Gasteiger partial charge in [-0.25, -0.2) is 0 Å². The molecule has 0 spiro atoms. The number of hydrogen-bond donors (Lipinski definition) is 0. The van der Waals surface area contributed by atoms with Crippen molar-refractivity contribution in [2.75, 3.05) is 0 Å². The molecule has 13 heteroatoms. The van der Waals surface area contributed by atoms with E-state index >= 15 is 0 Å². The summed E-state index contributed by atoms with van der Waals surface area (Å²) in [5.74, 6) is -6.52. The molecule has 0 bridgehead atoms. The summed E-state index contributed by atoms with van der Waals surface area (Å²) < 4.78 is 21.6. The molecule has 2 aromatic carbocycles. The van der Waals surface area contributed by atoms with E-state index in [0.717, 1.165) is 24.3 Å². The van der Waals surface area contributed by atoms with Crippen LogP contribution in [0.5, 0.6) is 23.0 Å². The molecule has 12 nitrogen and oxygen atoms in total. The normalized spacial score (nSPS) is 10.4. The summed E-state index contributed by atoms with van der Waals surface area (Å²) in [6.07, 6.45) is -1.45. The van der Waals surface area contributed by atoms with Gasteiger partial charge >= 0.3 is 21.7 Å². The molecule has 0 aliphatic rings. The van der Waals surface area contributed by atoms with Gasteiger partial charge in [0.05, 0.1) is 48.3 Å². The minimum atomic E-state index is -1.47. The van der Waals surface area contributed by atoms with Crippen LogP contribution in [0.1, 0.15) is 96.8 Å². The second-order valence-corrected chi connectivity index (χ2v) is 9.45. The van der Waals surface area contributed by atoms with Crippen LogP contribution in [-0.2, 0) is 21.7 Å². The molecular formula is C28H32O12Ti. The average molecular weight is 608 g/mol. The molecule has 0 fully saturated rings. The van der Waals surface area contributed by atoms with Gasteiger partial charge in [-0.3, -0.25) is 0 Å². The zero-order valence-corrected chi connectivity index (χ0v) is 25.6. The molecule has 0 saturated carbocycles. The molecule has 41 heavy (non-hydrogen) atoms. The third-order valence-corrected chi connectivity index (χ3v) is 4.52. The Hall–Kier alpha value is -3.77. The third kappa shape index (κ3) is 11.0. The van der Waals surface area contributed by atoms with Crippen molar-refractivity contribution in [2.24, 2.45) is 0 Å². The van der Waals surface area contributed by atoms with Crippen LogP contribution in [0.25, 0.3) is 0 Å². The Labute approximate surface area is 253 Å². The van der Waals surface area contributed by atoms with E-state index in [2.05, 4.69) is 0 Å². The van der Waals surface area contributed by atoms with Gasteiger partial charge < -0.3 is 58.6 Å². The molecule has 0 aliphatic carbocycles. The minimum absolute atomic E-state index is 0. The van der Waals surface area contributed by atoms with Gasteiger partial charge in [-0.2, -0.15) is 0 Å². The minimum Gasteiger partial charge on any atom is -0.545 e. The summed E-state index contributed by atoms with van der Waals surface area (Å²) in [5, 5.41) is 44.5. The van der Waals surface area contributed by atoms with Crippen molar-refractivity contribution in [3.05, 3.63) is 46.5 Å². The van der Waals surface area contributed by atoms with Gasteiger partial charge in [0, 0.05) is 22.3 Å². The van der Waals surface area contributed by atoms with Crippen molar-refractivity contribution in [2.45, 2.75) is 79.8 Å². The Morgan fingerprint density at radius 2 is 0.585 bits per heavy atom. The zero-order chi connectivity index (χ0) is 30.9. The van der Waals surface area contributed by atoms with Crippen LogP contribution in [0.2, 0.25) is 0 Å². The first-order valence-corrected chi connectivity index (χ1v) is 12.3. The van der Waals surface area contributed by atoms with Gasteiger partial charge in [0.2, 0.25) is 0 Å².